The van der Waals surface area contributed by atoms with Crippen molar-refractivity contribution in [3.8, 4) is 11.5 Å². The quantitative estimate of drug-likeness (QED) is 0.796. The highest BCUT2D eigenvalue weighted by Gasteiger charge is 2.30. The molecule has 0 aliphatic carbocycles. The zero-order valence-corrected chi connectivity index (χ0v) is 12.8. The number of phenols is 1. The second kappa shape index (κ2) is 5.29. The Bertz CT molecular complexity index is 718. The summed E-state index contributed by atoms with van der Waals surface area (Å²) in [5, 5.41) is 15.7. The molecule has 6 heteroatoms. The molecule has 0 radical (unpaired) electrons. The predicted octanol–water partition coefficient (Wildman–Crippen LogP) is 3.27. The van der Waals surface area contributed by atoms with Gasteiger partial charge in [0, 0.05) is 27.5 Å². The van der Waals surface area contributed by atoms with E-state index < -0.39 is 6.04 Å². The van der Waals surface area contributed by atoms with Crippen LogP contribution in [0.15, 0.2) is 40.9 Å². The Morgan fingerprint density at radius 2 is 2.10 bits per heavy atom. The van der Waals surface area contributed by atoms with Crippen LogP contribution in [0.3, 0.4) is 0 Å². The number of ether oxygens (including phenoxy) is 1. The highest BCUT2D eigenvalue weighted by atomic mass is 79.9. The van der Waals surface area contributed by atoms with Crippen LogP contribution in [-0.4, -0.2) is 18.1 Å². The Hall–Kier alpha value is -2.21. The number of hydrogen-bond acceptors (Lipinski definition) is 4. The average molecular weight is 349 g/mol. The lowest BCUT2D eigenvalue weighted by atomic mass is 10.1. The van der Waals surface area contributed by atoms with Gasteiger partial charge in [-0.05, 0) is 30.3 Å². The van der Waals surface area contributed by atoms with E-state index in [2.05, 4.69) is 26.6 Å². The number of aromatic hydroxyl groups is 1. The number of hydrogen-bond donors (Lipinski definition) is 3. The summed E-state index contributed by atoms with van der Waals surface area (Å²) >= 11 is 3.40. The van der Waals surface area contributed by atoms with Crippen molar-refractivity contribution in [3.05, 3.63) is 46.4 Å². The first-order chi connectivity index (χ1) is 10.1. The Kier molecular flexibility index (Phi) is 3.47. The van der Waals surface area contributed by atoms with E-state index >= 15 is 0 Å². The fourth-order valence-corrected chi connectivity index (χ4v) is 2.70. The lowest BCUT2D eigenvalue weighted by Gasteiger charge is -2.14. The number of nitrogens with one attached hydrogen (secondary N) is 2. The topological polar surface area (TPSA) is 70.6 Å². The molecule has 1 aliphatic heterocycles. The van der Waals surface area contributed by atoms with Crippen LogP contribution in [0.1, 0.15) is 11.6 Å². The van der Waals surface area contributed by atoms with Crippen molar-refractivity contribution in [2.75, 3.05) is 17.7 Å². The Morgan fingerprint density at radius 1 is 1.29 bits per heavy atom. The Labute approximate surface area is 130 Å². The second-order valence-corrected chi connectivity index (χ2v) is 5.60. The van der Waals surface area contributed by atoms with Crippen molar-refractivity contribution in [1.82, 2.24) is 0 Å². The molecule has 108 valence electrons. The molecule has 1 heterocycles. The van der Waals surface area contributed by atoms with Crippen molar-refractivity contribution < 1.29 is 14.6 Å². The smallest absolute Gasteiger partial charge is 0.251 e. The second-order valence-electron chi connectivity index (χ2n) is 4.68. The SMILES string of the molecule is COc1ccc(NC2C(=O)Nc3ccc(Br)cc32)cc1O. The molecule has 5 nitrogen and oxygen atoms in total. The normalized spacial score (nSPS) is 16.3. The van der Waals surface area contributed by atoms with Crippen LogP contribution in [0.2, 0.25) is 0 Å². The van der Waals surface area contributed by atoms with Gasteiger partial charge in [-0.2, -0.15) is 0 Å². The van der Waals surface area contributed by atoms with Crippen molar-refractivity contribution in [2.45, 2.75) is 6.04 Å². The third-order valence-electron chi connectivity index (χ3n) is 3.33. The van der Waals surface area contributed by atoms with E-state index in [9.17, 15) is 9.90 Å². The number of phenolic OH excluding ortho intramolecular Hbond substituents is 1. The van der Waals surface area contributed by atoms with Gasteiger partial charge < -0.3 is 20.5 Å². The third-order valence-corrected chi connectivity index (χ3v) is 3.83. The van der Waals surface area contributed by atoms with Gasteiger partial charge in [0.05, 0.1) is 7.11 Å². The van der Waals surface area contributed by atoms with Crippen LogP contribution < -0.4 is 15.4 Å². The monoisotopic (exact) mass is 348 g/mol. The minimum absolute atomic E-state index is 0.0235. The molecule has 0 spiro atoms. The van der Waals surface area contributed by atoms with Crippen LogP contribution >= 0.6 is 15.9 Å². The number of anilines is 2. The molecule has 0 aromatic heterocycles. The fourth-order valence-electron chi connectivity index (χ4n) is 2.32. The van der Waals surface area contributed by atoms with Gasteiger partial charge in [-0.3, -0.25) is 4.79 Å². The van der Waals surface area contributed by atoms with Crippen molar-refractivity contribution in [1.29, 1.82) is 0 Å². The summed E-state index contributed by atoms with van der Waals surface area (Å²) in [5.41, 5.74) is 2.30. The summed E-state index contributed by atoms with van der Waals surface area (Å²) in [5.74, 6) is 0.286. The molecule has 1 atom stereocenters. The number of benzene rings is 2. The van der Waals surface area contributed by atoms with E-state index in [1.807, 2.05) is 18.2 Å². The zero-order valence-electron chi connectivity index (χ0n) is 11.2. The average Bonchev–Trinajstić information content (AvgIpc) is 2.75. The fraction of sp³-hybridized carbons (Fsp3) is 0.133. The van der Waals surface area contributed by atoms with E-state index in [0.717, 1.165) is 15.7 Å². The summed E-state index contributed by atoms with van der Waals surface area (Å²) in [6.07, 6.45) is 0. The van der Waals surface area contributed by atoms with Crippen LogP contribution in [0.4, 0.5) is 11.4 Å². The summed E-state index contributed by atoms with van der Waals surface area (Å²) in [6, 6.07) is 10.1. The Balaban J connectivity index is 1.90. The van der Waals surface area contributed by atoms with Gasteiger partial charge in [-0.1, -0.05) is 15.9 Å². The van der Waals surface area contributed by atoms with E-state index in [0.29, 0.717) is 11.4 Å². The Morgan fingerprint density at radius 3 is 2.81 bits per heavy atom. The number of methoxy groups -OCH3 is 1. The molecule has 2 aromatic carbocycles. The van der Waals surface area contributed by atoms with Crippen LogP contribution in [0, 0.1) is 0 Å². The number of halogens is 1. The van der Waals surface area contributed by atoms with Gasteiger partial charge >= 0.3 is 0 Å². The third kappa shape index (κ3) is 2.54. The largest absolute Gasteiger partial charge is 0.504 e. The maximum absolute atomic E-state index is 12.1. The molecule has 21 heavy (non-hydrogen) atoms. The molecular weight excluding hydrogens is 336 g/mol. The number of carbonyl (C=O) groups excluding carboxylic acids is 1. The molecule has 3 rings (SSSR count). The van der Waals surface area contributed by atoms with Gasteiger partial charge in [-0.15, -0.1) is 0 Å². The number of carbonyl (C=O) groups is 1. The molecule has 0 bridgehead atoms. The van der Waals surface area contributed by atoms with E-state index in [-0.39, 0.29) is 11.7 Å². The van der Waals surface area contributed by atoms with Gasteiger partial charge in [0.25, 0.3) is 5.91 Å². The minimum Gasteiger partial charge on any atom is -0.504 e. The van der Waals surface area contributed by atoms with Crippen LogP contribution in [-0.2, 0) is 4.79 Å². The maximum Gasteiger partial charge on any atom is 0.251 e. The van der Waals surface area contributed by atoms with Gasteiger partial charge in [-0.25, -0.2) is 0 Å². The highest BCUT2D eigenvalue weighted by molar-refractivity contribution is 9.10. The van der Waals surface area contributed by atoms with E-state index in [4.69, 9.17) is 4.74 Å². The molecule has 3 N–H and O–H groups in total. The highest BCUT2D eigenvalue weighted by Crippen LogP contribution is 2.36. The maximum atomic E-state index is 12.1. The molecule has 0 saturated carbocycles. The first kappa shape index (κ1) is 13.8. The number of amides is 1. The summed E-state index contributed by atoms with van der Waals surface area (Å²) < 4.78 is 5.90. The standard InChI is InChI=1S/C15H13BrN2O3/c1-21-13-5-3-9(7-12(13)19)17-14-10-6-8(16)2-4-11(10)18-15(14)20/h2-7,14,17,19H,1H3,(H,18,20). The summed E-state index contributed by atoms with van der Waals surface area (Å²) in [6.45, 7) is 0. The van der Waals surface area contributed by atoms with Crippen molar-refractivity contribution in [3.63, 3.8) is 0 Å². The minimum atomic E-state index is -0.495. The molecule has 1 unspecified atom stereocenters. The molecule has 1 aliphatic rings. The first-order valence-electron chi connectivity index (χ1n) is 6.32. The molecule has 1 amide bonds. The van der Waals surface area contributed by atoms with Gasteiger partial charge in [0.15, 0.2) is 11.5 Å². The van der Waals surface area contributed by atoms with Gasteiger partial charge in [0.1, 0.15) is 6.04 Å². The van der Waals surface area contributed by atoms with Crippen LogP contribution in [0.25, 0.3) is 0 Å². The first-order valence-corrected chi connectivity index (χ1v) is 7.11. The lowest BCUT2D eigenvalue weighted by Crippen LogP contribution is -2.19. The van der Waals surface area contributed by atoms with E-state index in [1.165, 1.54) is 13.2 Å². The van der Waals surface area contributed by atoms with E-state index in [1.54, 1.807) is 12.1 Å². The number of fused-ring (bicyclic) bond motifs is 1. The predicted molar refractivity (Wildman–Crippen MR) is 83.8 cm³/mol. The zero-order chi connectivity index (χ0) is 15.0. The number of rotatable bonds is 3. The molecular formula is C15H13BrN2O3. The van der Waals surface area contributed by atoms with Gasteiger partial charge in [0.2, 0.25) is 0 Å². The van der Waals surface area contributed by atoms with Crippen molar-refractivity contribution >= 4 is 33.2 Å². The van der Waals surface area contributed by atoms with Crippen LogP contribution in [0.5, 0.6) is 11.5 Å². The van der Waals surface area contributed by atoms with Crippen molar-refractivity contribution in [2.24, 2.45) is 0 Å². The molecule has 0 fully saturated rings. The summed E-state index contributed by atoms with van der Waals surface area (Å²) in [4.78, 5) is 12.1. The summed E-state index contributed by atoms with van der Waals surface area (Å²) in [7, 11) is 1.49. The molecule has 2 aromatic rings. The molecule has 0 saturated heterocycles. The lowest BCUT2D eigenvalue weighted by molar-refractivity contribution is -0.116.